The van der Waals surface area contributed by atoms with Crippen LogP contribution < -0.4 is 5.32 Å². The minimum atomic E-state index is 0.777. The van der Waals surface area contributed by atoms with E-state index in [0.29, 0.717) is 0 Å². The first-order chi connectivity index (χ1) is 7.81. The molecule has 0 aliphatic rings. The largest absolute Gasteiger partial charge is 0.468 e. The summed E-state index contributed by atoms with van der Waals surface area (Å²) < 4.78 is 7.50. The zero-order chi connectivity index (χ0) is 11.4. The van der Waals surface area contributed by atoms with Crippen molar-refractivity contribution in [2.24, 2.45) is 7.05 Å². The second kappa shape index (κ2) is 5.03. The van der Waals surface area contributed by atoms with E-state index in [0.717, 1.165) is 25.3 Å². The molecule has 3 heteroatoms. The maximum Gasteiger partial charge on any atom is 0.117 e. The average Bonchev–Trinajstić information content (AvgIpc) is 2.90. The molecule has 0 amide bonds. The minimum absolute atomic E-state index is 0.777. The van der Waals surface area contributed by atoms with Crippen molar-refractivity contribution in [3.05, 3.63) is 47.7 Å². The van der Waals surface area contributed by atoms with Crippen LogP contribution in [-0.4, -0.2) is 4.57 Å². The van der Waals surface area contributed by atoms with Gasteiger partial charge in [-0.25, -0.2) is 0 Å². The van der Waals surface area contributed by atoms with E-state index in [9.17, 15) is 0 Å². The molecule has 2 heterocycles. The molecule has 0 aliphatic heterocycles. The van der Waals surface area contributed by atoms with Gasteiger partial charge >= 0.3 is 0 Å². The predicted molar refractivity (Wildman–Crippen MR) is 64.0 cm³/mol. The summed E-state index contributed by atoms with van der Waals surface area (Å²) in [5, 5.41) is 3.37. The molecule has 2 aromatic heterocycles. The Morgan fingerprint density at radius 1 is 1.19 bits per heavy atom. The first-order valence-electron chi connectivity index (χ1n) is 5.68. The van der Waals surface area contributed by atoms with Crippen LogP contribution in [0.4, 0.5) is 0 Å². The van der Waals surface area contributed by atoms with Crippen molar-refractivity contribution in [3.8, 4) is 0 Å². The van der Waals surface area contributed by atoms with Crippen LogP contribution in [0.15, 0.2) is 34.9 Å². The highest BCUT2D eigenvalue weighted by Gasteiger charge is 2.02. The molecule has 0 bridgehead atoms. The van der Waals surface area contributed by atoms with Crippen LogP contribution in [0.2, 0.25) is 0 Å². The number of hydrogen-bond donors (Lipinski definition) is 1. The van der Waals surface area contributed by atoms with Gasteiger partial charge in [0.05, 0.1) is 12.8 Å². The molecule has 0 fully saturated rings. The Balaban J connectivity index is 1.87. The summed E-state index contributed by atoms with van der Waals surface area (Å²) in [5.74, 6) is 0.977. The Morgan fingerprint density at radius 3 is 2.62 bits per heavy atom. The topological polar surface area (TPSA) is 30.1 Å². The second-order valence-corrected chi connectivity index (χ2v) is 3.91. The Hall–Kier alpha value is -1.48. The van der Waals surface area contributed by atoms with Crippen LogP contribution in [-0.2, 0) is 26.6 Å². The number of furan rings is 1. The van der Waals surface area contributed by atoms with Gasteiger partial charge in [-0.3, -0.25) is 0 Å². The van der Waals surface area contributed by atoms with Gasteiger partial charge in [-0.05, 0) is 30.7 Å². The molecular formula is C13H18N2O. The fraction of sp³-hybridized carbons (Fsp3) is 0.385. The normalized spacial score (nSPS) is 10.9. The van der Waals surface area contributed by atoms with E-state index in [1.54, 1.807) is 6.26 Å². The Labute approximate surface area is 96.1 Å². The molecule has 0 aliphatic carbocycles. The van der Waals surface area contributed by atoms with E-state index in [1.165, 1.54) is 11.4 Å². The zero-order valence-electron chi connectivity index (χ0n) is 9.86. The number of aromatic nitrogens is 1. The van der Waals surface area contributed by atoms with E-state index in [1.807, 2.05) is 12.1 Å². The molecule has 0 saturated carbocycles. The van der Waals surface area contributed by atoms with Gasteiger partial charge in [0.25, 0.3) is 0 Å². The second-order valence-electron chi connectivity index (χ2n) is 3.91. The summed E-state index contributed by atoms with van der Waals surface area (Å²) in [6, 6.07) is 8.25. The van der Waals surface area contributed by atoms with Crippen molar-refractivity contribution < 1.29 is 4.42 Å². The monoisotopic (exact) mass is 218 g/mol. The maximum absolute atomic E-state index is 5.26. The van der Waals surface area contributed by atoms with Crippen molar-refractivity contribution in [2.75, 3.05) is 0 Å². The first kappa shape index (κ1) is 11.0. The lowest BCUT2D eigenvalue weighted by molar-refractivity contribution is 0.480. The van der Waals surface area contributed by atoms with Crippen LogP contribution in [0.3, 0.4) is 0 Å². The minimum Gasteiger partial charge on any atom is -0.468 e. The number of rotatable bonds is 5. The molecule has 0 saturated heterocycles. The van der Waals surface area contributed by atoms with Gasteiger partial charge in [0.15, 0.2) is 0 Å². The van der Waals surface area contributed by atoms with Gasteiger partial charge < -0.3 is 14.3 Å². The highest BCUT2D eigenvalue weighted by Crippen LogP contribution is 2.08. The fourth-order valence-electron chi connectivity index (χ4n) is 1.86. The lowest BCUT2D eigenvalue weighted by atomic mass is 10.3. The summed E-state index contributed by atoms with van der Waals surface area (Å²) in [4.78, 5) is 0. The van der Waals surface area contributed by atoms with Crippen molar-refractivity contribution in [3.63, 3.8) is 0 Å². The zero-order valence-corrected chi connectivity index (χ0v) is 9.86. The third-order valence-electron chi connectivity index (χ3n) is 2.88. The predicted octanol–water partition coefficient (Wildman–Crippen LogP) is 2.47. The maximum atomic E-state index is 5.26. The smallest absolute Gasteiger partial charge is 0.117 e. The van der Waals surface area contributed by atoms with E-state index < -0.39 is 0 Å². The molecule has 1 N–H and O–H groups in total. The van der Waals surface area contributed by atoms with Gasteiger partial charge in [-0.1, -0.05) is 6.92 Å². The Kier molecular flexibility index (Phi) is 3.47. The molecule has 2 aromatic rings. The molecule has 0 radical (unpaired) electrons. The molecule has 0 atom stereocenters. The molecule has 0 unspecified atom stereocenters. The summed E-state index contributed by atoms with van der Waals surface area (Å²) in [7, 11) is 2.11. The van der Waals surface area contributed by atoms with Gasteiger partial charge in [0.2, 0.25) is 0 Å². The average molecular weight is 218 g/mol. The van der Waals surface area contributed by atoms with Crippen LogP contribution >= 0.6 is 0 Å². The molecule has 3 nitrogen and oxygen atoms in total. The van der Waals surface area contributed by atoms with E-state index in [-0.39, 0.29) is 0 Å². The van der Waals surface area contributed by atoms with E-state index >= 15 is 0 Å². The van der Waals surface area contributed by atoms with Crippen molar-refractivity contribution >= 4 is 0 Å². The molecule has 16 heavy (non-hydrogen) atoms. The van der Waals surface area contributed by atoms with Gasteiger partial charge in [-0.15, -0.1) is 0 Å². The molecule has 0 aromatic carbocycles. The molecular weight excluding hydrogens is 200 g/mol. The summed E-state index contributed by atoms with van der Waals surface area (Å²) >= 11 is 0. The van der Waals surface area contributed by atoms with Gasteiger partial charge in [0, 0.05) is 25.0 Å². The summed E-state index contributed by atoms with van der Waals surface area (Å²) in [6.45, 7) is 3.83. The van der Waals surface area contributed by atoms with Crippen LogP contribution in [0.25, 0.3) is 0 Å². The van der Waals surface area contributed by atoms with Gasteiger partial charge in [-0.2, -0.15) is 0 Å². The third kappa shape index (κ3) is 2.36. The van der Waals surface area contributed by atoms with Crippen LogP contribution in [0.1, 0.15) is 24.1 Å². The summed E-state index contributed by atoms with van der Waals surface area (Å²) in [6.07, 6.45) is 2.78. The van der Waals surface area contributed by atoms with Crippen molar-refractivity contribution in [1.29, 1.82) is 0 Å². The Morgan fingerprint density at radius 2 is 2.00 bits per heavy atom. The van der Waals surface area contributed by atoms with Crippen LogP contribution in [0, 0.1) is 0 Å². The highest BCUT2D eigenvalue weighted by atomic mass is 16.3. The standard InChI is InChI=1S/C13H18N2O/c1-3-11-6-7-12(15(11)2)9-14-10-13-5-4-8-16-13/h4-8,14H,3,9-10H2,1-2H3. The quantitative estimate of drug-likeness (QED) is 0.835. The van der Waals surface area contributed by atoms with Crippen molar-refractivity contribution in [1.82, 2.24) is 9.88 Å². The van der Waals surface area contributed by atoms with E-state index in [4.69, 9.17) is 4.42 Å². The lowest BCUT2D eigenvalue weighted by Gasteiger charge is -2.07. The molecule has 2 rings (SSSR count). The SMILES string of the molecule is CCc1ccc(CNCc2ccco2)n1C. The fourth-order valence-corrected chi connectivity index (χ4v) is 1.86. The molecule has 86 valence electrons. The highest BCUT2D eigenvalue weighted by molar-refractivity contribution is 5.15. The van der Waals surface area contributed by atoms with Crippen LogP contribution in [0.5, 0.6) is 0 Å². The third-order valence-corrected chi connectivity index (χ3v) is 2.88. The van der Waals surface area contributed by atoms with E-state index in [2.05, 4.69) is 36.0 Å². The summed E-state index contributed by atoms with van der Waals surface area (Å²) in [5.41, 5.74) is 2.68. The molecule has 0 spiro atoms. The van der Waals surface area contributed by atoms with Gasteiger partial charge in [0.1, 0.15) is 5.76 Å². The number of nitrogens with zero attached hydrogens (tertiary/aromatic N) is 1. The number of aryl methyl sites for hydroxylation is 1. The lowest BCUT2D eigenvalue weighted by Crippen LogP contribution is -2.15. The number of nitrogens with one attached hydrogen (secondary N) is 1. The van der Waals surface area contributed by atoms with Crippen molar-refractivity contribution in [2.45, 2.75) is 26.4 Å². The number of hydrogen-bond acceptors (Lipinski definition) is 2. The first-order valence-corrected chi connectivity index (χ1v) is 5.68. The Bertz CT molecular complexity index is 429.